The topological polar surface area (TPSA) is 63.2 Å². The number of benzene rings is 1. The molecule has 132 valence electrons. The second kappa shape index (κ2) is 7.31. The molecule has 0 bridgehead atoms. The lowest BCUT2D eigenvalue weighted by atomic mass is 10.0. The number of hydrogen-bond acceptors (Lipinski definition) is 4. The number of amides is 1. The maximum atomic E-state index is 12.6. The highest BCUT2D eigenvalue weighted by molar-refractivity contribution is 7.15. The van der Waals surface area contributed by atoms with E-state index in [1.807, 2.05) is 52.0 Å². The molecule has 1 aromatic carbocycles. The second-order valence-corrected chi connectivity index (χ2v) is 8.46. The average Bonchev–Trinajstić information content (AvgIpc) is 2.86. The van der Waals surface area contributed by atoms with Gasteiger partial charge in [-0.3, -0.25) is 14.4 Å². The van der Waals surface area contributed by atoms with Crippen molar-refractivity contribution in [1.29, 1.82) is 0 Å². The summed E-state index contributed by atoms with van der Waals surface area (Å²) in [5.74, 6) is -1.29. The lowest BCUT2D eigenvalue weighted by Crippen LogP contribution is -2.44. The Bertz CT molecular complexity index is 828. The van der Waals surface area contributed by atoms with E-state index in [4.69, 9.17) is 0 Å². The molecule has 1 aromatic heterocycles. The maximum absolute atomic E-state index is 12.6. The molecule has 0 fully saturated rings. The summed E-state index contributed by atoms with van der Waals surface area (Å²) in [7, 11) is 0. The number of Topliss-reactive ketones (excluding diaryl/α,β-unsaturated/α-hetero) is 2. The molecule has 25 heavy (non-hydrogen) atoms. The van der Waals surface area contributed by atoms with Gasteiger partial charge in [0, 0.05) is 22.4 Å². The van der Waals surface area contributed by atoms with Crippen LogP contribution in [0.25, 0.3) is 0 Å². The first-order valence-corrected chi connectivity index (χ1v) is 8.94. The summed E-state index contributed by atoms with van der Waals surface area (Å²) in [5, 5.41) is 2.65. The number of nitrogens with one attached hydrogen (secondary N) is 1. The second-order valence-electron chi connectivity index (χ2n) is 7.20. The fraction of sp³-hybridized carbons (Fsp3) is 0.350. The number of rotatable bonds is 5. The van der Waals surface area contributed by atoms with Gasteiger partial charge in [0.15, 0.2) is 5.78 Å². The molecule has 4 nitrogen and oxygen atoms in total. The minimum Gasteiger partial charge on any atom is -0.345 e. The third-order valence-electron chi connectivity index (χ3n) is 3.58. The largest absolute Gasteiger partial charge is 0.345 e. The Labute approximate surface area is 152 Å². The van der Waals surface area contributed by atoms with Crippen molar-refractivity contribution in [1.82, 2.24) is 5.32 Å². The van der Waals surface area contributed by atoms with Crippen LogP contribution in [0.5, 0.6) is 0 Å². The molecule has 0 saturated carbocycles. The molecule has 0 radical (unpaired) electrons. The predicted octanol–water partition coefficient (Wildman–Crippen LogP) is 3.89. The molecule has 0 atom stereocenters. The summed E-state index contributed by atoms with van der Waals surface area (Å²) in [6, 6.07) is 9.33. The van der Waals surface area contributed by atoms with Crippen molar-refractivity contribution in [3.05, 3.63) is 56.8 Å². The molecular weight excluding hydrogens is 334 g/mol. The van der Waals surface area contributed by atoms with Gasteiger partial charge in [-0.15, -0.1) is 11.3 Å². The van der Waals surface area contributed by atoms with E-state index in [1.165, 1.54) is 11.3 Å². The number of ketones is 2. The van der Waals surface area contributed by atoms with Gasteiger partial charge in [-0.05, 0) is 46.2 Å². The summed E-state index contributed by atoms with van der Waals surface area (Å²) < 4.78 is 0. The molecule has 0 spiro atoms. The van der Waals surface area contributed by atoms with E-state index in [1.54, 1.807) is 13.0 Å². The van der Waals surface area contributed by atoms with E-state index in [0.29, 0.717) is 10.4 Å². The van der Waals surface area contributed by atoms with Crippen LogP contribution < -0.4 is 5.32 Å². The first-order valence-electron chi connectivity index (χ1n) is 8.13. The van der Waals surface area contributed by atoms with Crippen LogP contribution in [0.15, 0.2) is 30.3 Å². The third kappa shape index (κ3) is 5.10. The maximum Gasteiger partial charge on any atom is 0.293 e. The van der Waals surface area contributed by atoms with Crippen LogP contribution in [-0.4, -0.2) is 23.0 Å². The predicted molar refractivity (Wildman–Crippen MR) is 100 cm³/mol. The molecule has 2 rings (SSSR count). The molecule has 0 saturated heterocycles. The SMILES string of the molecule is Cc1cccc(CC(=O)c2cc(C(=O)C(=O)NC(C)(C)C)sc2C)c1. The Balaban J connectivity index is 2.17. The van der Waals surface area contributed by atoms with Gasteiger partial charge in [-0.1, -0.05) is 29.8 Å². The van der Waals surface area contributed by atoms with E-state index in [-0.39, 0.29) is 12.2 Å². The molecule has 1 N–H and O–H groups in total. The normalized spacial score (nSPS) is 11.2. The fourth-order valence-electron chi connectivity index (χ4n) is 2.48. The molecule has 1 amide bonds. The van der Waals surface area contributed by atoms with E-state index in [2.05, 4.69) is 5.32 Å². The van der Waals surface area contributed by atoms with Gasteiger partial charge >= 0.3 is 0 Å². The van der Waals surface area contributed by atoms with Crippen molar-refractivity contribution in [3.63, 3.8) is 0 Å². The van der Waals surface area contributed by atoms with Crippen LogP contribution >= 0.6 is 11.3 Å². The van der Waals surface area contributed by atoms with Gasteiger partial charge in [-0.25, -0.2) is 0 Å². The monoisotopic (exact) mass is 357 g/mol. The molecule has 0 aliphatic carbocycles. The summed E-state index contributed by atoms with van der Waals surface area (Å²) in [6.45, 7) is 9.22. The minimum absolute atomic E-state index is 0.0466. The van der Waals surface area contributed by atoms with Crippen molar-refractivity contribution in [2.75, 3.05) is 0 Å². The van der Waals surface area contributed by atoms with Crippen LogP contribution in [-0.2, 0) is 11.2 Å². The quantitative estimate of drug-likeness (QED) is 0.652. The zero-order valence-corrected chi connectivity index (χ0v) is 16.0. The van der Waals surface area contributed by atoms with Crippen LogP contribution in [0.2, 0.25) is 0 Å². The number of hydrogen-bond donors (Lipinski definition) is 1. The van der Waals surface area contributed by atoms with Crippen molar-refractivity contribution in [2.45, 2.75) is 46.6 Å². The lowest BCUT2D eigenvalue weighted by Gasteiger charge is -2.19. The summed E-state index contributed by atoms with van der Waals surface area (Å²) in [6.07, 6.45) is 0.279. The Kier molecular flexibility index (Phi) is 5.58. The molecule has 0 unspecified atom stereocenters. The average molecular weight is 357 g/mol. The molecule has 5 heteroatoms. The molecule has 2 aromatic rings. The molecular formula is C20H23NO3S. The Hall–Kier alpha value is -2.27. The minimum atomic E-state index is -0.647. The van der Waals surface area contributed by atoms with E-state index >= 15 is 0 Å². The summed E-state index contributed by atoms with van der Waals surface area (Å²) in [5.41, 5.74) is 2.07. The first kappa shape index (κ1) is 19.1. The lowest BCUT2D eigenvalue weighted by molar-refractivity contribution is -0.118. The standard InChI is InChI=1S/C20H23NO3S/c1-12-7-6-8-14(9-12)10-16(22)15-11-17(25-13(15)2)18(23)19(24)21-20(3,4)5/h6-9,11H,10H2,1-5H3,(H,21,24). The Morgan fingerprint density at radius 2 is 1.76 bits per heavy atom. The number of aryl methyl sites for hydroxylation is 2. The van der Waals surface area contributed by atoms with Crippen LogP contribution in [0.3, 0.4) is 0 Å². The first-order chi connectivity index (χ1) is 11.6. The highest BCUT2D eigenvalue weighted by Gasteiger charge is 2.25. The Morgan fingerprint density at radius 3 is 2.36 bits per heavy atom. The van der Waals surface area contributed by atoms with Crippen molar-refractivity contribution >= 4 is 28.8 Å². The van der Waals surface area contributed by atoms with Gasteiger partial charge in [0.25, 0.3) is 11.7 Å². The highest BCUT2D eigenvalue weighted by Crippen LogP contribution is 2.24. The van der Waals surface area contributed by atoms with Gasteiger partial charge in [0.2, 0.25) is 0 Å². The molecule has 0 aliphatic rings. The van der Waals surface area contributed by atoms with Crippen molar-refractivity contribution in [3.8, 4) is 0 Å². The highest BCUT2D eigenvalue weighted by atomic mass is 32.1. The number of carbonyl (C=O) groups is 3. The van der Waals surface area contributed by atoms with Gasteiger partial charge in [-0.2, -0.15) is 0 Å². The fourth-order valence-corrected chi connectivity index (χ4v) is 3.46. The Morgan fingerprint density at radius 1 is 1.08 bits per heavy atom. The van der Waals surface area contributed by atoms with E-state index in [0.717, 1.165) is 16.0 Å². The zero-order chi connectivity index (χ0) is 18.8. The molecule has 1 heterocycles. The zero-order valence-electron chi connectivity index (χ0n) is 15.2. The van der Waals surface area contributed by atoms with Crippen LogP contribution in [0, 0.1) is 13.8 Å². The van der Waals surface area contributed by atoms with Gasteiger partial charge < -0.3 is 5.32 Å². The van der Waals surface area contributed by atoms with Crippen LogP contribution in [0.1, 0.15) is 56.8 Å². The molecule has 0 aliphatic heterocycles. The van der Waals surface area contributed by atoms with E-state index in [9.17, 15) is 14.4 Å². The number of carbonyl (C=O) groups excluding carboxylic acids is 3. The van der Waals surface area contributed by atoms with Crippen molar-refractivity contribution < 1.29 is 14.4 Å². The van der Waals surface area contributed by atoms with Gasteiger partial charge in [0.1, 0.15) is 0 Å². The third-order valence-corrected chi connectivity index (χ3v) is 4.63. The smallest absolute Gasteiger partial charge is 0.293 e. The van der Waals surface area contributed by atoms with Crippen LogP contribution in [0.4, 0.5) is 0 Å². The van der Waals surface area contributed by atoms with Crippen molar-refractivity contribution in [2.24, 2.45) is 0 Å². The number of thiophene rings is 1. The van der Waals surface area contributed by atoms with E-state index < -0.39 is 17.2 Å². The summed E-state index contributed by atoms with van der Waals surface area (Å²) in [4.78, 5) is 38.0. The van der Waals surface area contributed by atoms with Gasteiger partial charge in [0.05, 0.1) is 4.88 Å². The summed E-state index contributed by atoms with van der Waals surface area (Å²) >= 11 is 1.19.